The molecule has 1 amide bonds. The third kappa shape index (κ3) is 5.71. The van der Waals surface area contributed by atoms with Crippen LogP contribution in [0.4, 0.5) is 5.69 Å². The van der Waals surface area contributed by atoms with Crippen LogP contribution in [0.15, 0.2) is 91.0 Å². The SMILES string of the molecule is COc1ccc2ccc(Oc3ccccc3OC(C)C(=O)C(C#N)C(=O)N(C)c3ccccc3)cc2c1. The van der Waals surface area contributed by atoms with Crippen LogP contribution in [0.25, 0.3) is 10.8 Å². The van der Waals surface area contributed by atoms with E-state index in [9.17, 15) is 14.9 Å². The van der Waals surface area contributed by atoms with Crippen molar-refractivity contribution in [3.63, 3.8) is 0 Å². The molecule has 0 fully saturated rings. The average molecular weight is 495 g/mol. The summed E-state index contributed by atoms with van der Waals surface area (Å²) in [5, 5.41) is 11.6. The molecule has 0 aliphatic rings. The molecule has 0 saturated carbocycles. The highest BCUT2D eigenvalue weighted by molar-refractivity contribution is 6.11. The van der Waals surface area contributed by atoms with Gasteiger partial charge in [0, 0.05) is 12.7 Å². The third-order valence-corrected chi connectivity index (χ3v) is 5.93. The fraction of sp³-hybridized carbons (Fsp3) is 0.167. The Bertz CT molecular complexity index is 1460. The molecule has 4 aromatic rings. The number of Topliss-reactive ketones (excluding diaryl/α,β-unsaturated/α-hetero) is 1. The summed E-state index contributed by atoms with van der Waals surface area (Å²) < 4.78 is 17.3. The van der Waals surface area contributed by atoms with E-state index in [1.807, 2.05) is 48.5 Å². The molecule has 4 rings (SSSR count). The number of carbonyl (C=O) groups is 2. The largest absolute Gasteiger partial charge is 0.497 e. The highest BCUT2D eigenvalue weighted by Gasteiger charge is 2.34. The summed E-state index contributed by atoms with van der Waals surface area (Å²) in [5.74, 6) is -0.747. The number of anilines is 1. The van der Waals surface area contributed by atoms with Gasteiger partial charge in [0.15, 0.2) is 29.3 Å². The summed E-state index contributed by atoms with van der Waals surface area (Å²) >= 11 is 0. The predicted octanol–water partition coefficient (Wildman–Crippen LogP) is 5.78. The zero-order valence-electron chi connectivity index (χ0n) is 20.8. The molecule has 0 aliphatic carbocycles. The van der Waals surface area contributed by atoms with Crippen LogP contribution in [0.3, 0.4) is 0 Å². The van der Waals surface area contributed by atoms with Gasteiger partial charge in [0.1, 0.15) is 11.5 Å². The Morgan fingerprint density at radius 1 is 0.838 bits per heavy atom. The molecular formula is C30H26N2O5. The molecule has 0 spiro atoms. The standard InChI is InChI=1S/C30H26N2O5/c1-20(29(33)26(19-31)30(34)32(2)23-9-5-4-6-10-23)36-27-11-7-8-12-28(27)37-25-16-14-21-13-15-24(35-3)17-22(21)18-25/h4-18,20,26H,1-3H3. The van der Waals surface area contributed by atoms with E-state index >= 15 is 0 Å². The van der Waals surface area contributed by atoms with Gasteiger partial charge < -0.3 is 19.1 Å². The van der Waals surface area contributed by atoms with Gasteiger partial charge in [-0.25, -0.2) is 0 Å². The quantitative estimate of drug-likeness (QED) is 0.274. The first kappa shape index (κ1) is 25.3. The number of ketones is 1. The highest BCUT2D eigenvalue weighted by Crippen LogP contribution is 2.34. The Morgan fingerprint density at radius 2 is 1.46 bits per heavy atom. The molecule has 4 aromatic carbocycles. The molecule has 2 unspecified atom stereocenters. The fourth-order valence-corrected chi connectivity index (χ4v) is 3.85. The molecule has 0 aromatic heterocycles. The third-order valence-electron chi connectivity index (χ3n) is 5.93. The number of methoxy groups -OCH3 is 1. The second-order valence-electron chi connectivity index (χ2n) is 8.38. The highest BCUT2D eigenvalue weighted by atomic mass is 16.5. The Hall–Kier alpha value is -4.83. The van der Waals surface area contributed by atoms with Crippen molar-refractivity contribution in [2.45, 2.75) is 13.0 Å². The predicted molar refractivity (Wildman–Crippen MR) is 141 cm³/mol. The topological polar surface area (TPSA) is 88.9 Å². The molecule has 37 heavy (non-hydrogen) atoms. The van der Waals surface area contributed by atoms with Crippen LogP contribution >= 0.6 is 0 Å². The molecule has 0 radical (unpaired) electrons. The maximum atomic E-state index is 13.1. The monoisotopic (exact) mass is 494 g/mol. The van der Waals surface area contributed by atoms with E-state index in [0.29, 0.717) is 22.9 Å². The summed E-state index contributed by atoms with van der Waals surface area (Å²) in [6.45, 7) is 1.52. The number of amides is 1. The van der Waals surface area contributed by atoms with Gasteiger partial charge in [-0.05, 0) is 66.2 Å². The van der Waals surface area contributed by atoms with Crippen LogP contribution in [-0.2, 0) is 9.59 Å². The lowest BCUT2D eigenvalue weighted by molar-refractivity contribution is -0.134. The zero-order chi connectivity index (χ0) is 26.4. The molecule has 0 saturated heterocycles. The molecule has 0 heterocycles. The number of hydrogen-bond donors (Lipinski definition) is 0. The first-order valence-corrected chi connectivity index (χ1v) is 11.7. The fourth-order valence-electron chi connectivity index (χ4n) is 3.85. The normalized spacial score (nSPS) is 12.2. The minimum absolute atomic E-state index is 0.314. The Labute approximate surface area is 215 Å². The van der Waals surface area contributed by atoms with Gasteiger partial charge in [-0.2, -0.15) is 5.26 Å². The van der Waals surface area contributed by atoms with Gasteiger partial charge in [-0.15, -0.1) is 0 Å². The number of nitriles is 1. The van der Waals surface area contributed by atoms with Crippen LogP contribution in [0.2, 0.25) is 0 Å². The van der Waals surface area contributed by atoms with Crippen molar-refractivity contribution in [1.29, 1.82) is 5.26 Å². The number of fused-ring (bicyclic) bond motifs is 1. The number of hydrogen-bond acceptors (Lipinski definition) is 6. The number of para-hydroxylation sites is 3. The van der Waals surface area contributed by atoms with Crippen LogP contribution in [0.1, 0.15) is 6.92 Å². The van der Waals surface area contributed by atoms with Crippen molar-refractivity contribution in [2.75, 3.05) is 19.1 Å². The van der Waals surface area contributed by atoms with Gasteiger partial charge in [0.2, 0.25) is 0 Å². The summed E-state index contributed by atoms with van der Waals surface area (Å²) in [6, 6.07) is 29.0. The maximum Gasteiger partial charge on any atom is 0.251 e. The van der Waals surface area contributed by atoms with E-state index in [-0.39, 0.29) is 0 Å². The van der Waals surface area contributed by atoms with Gasteiger partial charge in [0.05, 0.1) is 13.2 Å². The number of carbonyl (C=O) groups excluding carboxylic acids is 2. The number of rotatable bonds is 9. The van der Waals surface area contributed by atoms with E-state index < -0.39 is 23.7 Å². The molecule has 186 valence electrons. The number of nitrogens with zero attached hydrogens (tertiary/aromatic N) is 2. The van der Waals surface area contributed by atoms with E-state index in [1.165, 1.54) is 18.9 Å². The minimum atomic E-state index is -1.51. The zero-order valence-corrected chi connectivity index (χ0v) is 20.8. The number of ether oxygens (including phenoxy) is 3. The molecule has 2 atom stereocenters. The summed E-state index contributed by atoms with van der Waals surface area (Å²) in [6.07, 6.45) is -1.07. The van der Waals surface area contributed by atoms with Gasteiger partial charge in [0.25, 0.3) is 5.91 Å². The first-order valence-electron chi connectivity index (χ1n) is 11.7. The lowest BCUT2D eigenvalue weighted by Gasteiger charge is -2.22. The van der Waals surface area contributed by atoms with Crippen molar-refractivity contribution in [1.82, 2.24) is 0 Å². The van der Waals surface area contributed by atoms with Gasteiger partial charge >= 0.3 is 0 Å². The molecule has 0 bridgehead atoms. The van der Waals surface area contributed by atoms with Crippen LogP contribution in [0.5, 0.6) is 23.0 Å². The summed E-state index contributed by atoms with van der Waals surface area (Å²) in [5.41, 5.74) is 0.584. The van der Waals surface area contributed by atoms with Crippen LogP contribution in [-0.4, -0.2) is 32.0 Å². The van der Waals surface area contributed by atoms with E-state index in [2.05, 4.69) is 0 Å². The molecular weight excluding hydrogens is 468 g/mol. The van der Waals surface area contributed by atoms with Crippen LogP contribution < -0.4 is 19.1 Å². The number of benzene rings is 4. The second-order valence-corrected chi connectivity index (χ2v) is 8.38. The molecule has 7 heteroatoms. The summed E-state index contributed by atoms with van der Waals surface area (Å²) in [4.78, 5) is 27.3. The molecule has 0 aliphatic heterocycles. The van der Waals surface area contributed by atoms with Gasteiger partial charge in [-0.3, -0.25) is 9.59 Å². The Morgan fingerprint density at radius 3 is 2.14 bits per heavy atom. The second kappa shape index (κ2) is 11.3. The molecule has 7 nitrogen and oxygen atoms in total. The van der Waals surface area contributed by atoms with Crippen molar-refractivity contribution in [3.05, 3.63) is 91.0 Å². The van der Waals surface area contributed by atoms with Crippen LogP contribution in [0, 0.1) is 17.2 Å². The van der Waals surface area contributed by atoms with Crippen molar-refractivity contribution in [3.8, 4) is 29.1 Å². The van der Waals surface area contributed by atoms with E-state index in [0.717, 1.165) is 16.5 Å². The minimum Gasteiger partial charge on any atom is -0.497 e. The van der Waals surface area contributed by atoms with E-state index in [4.69, 9.17) is 14.2 Å². The van der Waals surface area contributed by atoms with Crippen molar-refractivity contribution >= 4 is 28.2 Å². The van der Waals surface area contributed by atoms with Crippen molar-refractivity contribution < 1.29 is 23.8 Å². The summed E-state index contributed by atoms with van der Waals surface area (Å²) in [7, 11) is 3.14. The maximum absolute atomic E-state index is 13.1. The Balaban J connectivity index is 1.51. The smallest absolute Gasteiger partial charge is 0.251 e. The lowest BCUT2D eigenvalue weighted by atomic mass is 10.00. The Kier molecular flexibility index (Phi) is 7.70. The first-order chi connectivity index (χ1) is 17.9. The average Bonchev–Trinajstić information content (AvgIpc) is 2.93. The van der Waals surface area contributed by atoms with Crippen molar-refractivity contribution in [2.24, 2.45) is 5.92 Å². The molecule has 0 N–H and O–H groups in total. The lowest BCUT2D eigenvalue weighted by Crippen LogP contribution is -2.41. The van der Waals surface area contributed by atoms with E-state index in [1.54, 1.807) is 55.6 Å². The van der Waals surface area contributed by atoms with Gasteiger partial charge in [-0.1, -0.05) is 42.5 Å².